The molecular formula is C17H19ClN4O. The highest BCUT2D eigenvalue weighted by molar-refractivity contribution is 6.30. The Morgan fingerprint density at radius 2 is 1.96 bits per heavy atom. The molecule has 120 valence electrons. The zero-order chi connectivity index (χ0) is 16.1. The van der Waals surface area contributed by atoms with E-state index in [2.05, 4.69) is 15.2 Å². The molecule has 23 heavy (non-hydrogen) atoms. The first-order valence-corrected chi connectivity index (χ1v) is 8.02. The number of nitrogens with zero attached hydrogens (tertiary/aromatic N) is 3. The van der Waals surface area contributed by atoms with Crippen LogP contribution in [-0.4, -0.2) is 47.0 Å². The molecule has 2 heterocycles. The van der Waals surface area contributed by atoms with E-state index in [0.717, 1.165) is 31.0 Å². The van der Waals surface area contributed by atoms with E-state index in [0.29, 0.717) is 18.1 Å². The molecule has 0 spiro atoms. The lowest BCUT2D eigenvalue weighted by Crippen LogP contribution is -2.49. The standard InChI is InChI=1S/C17H19ClN4O/c18-14-4-3-6-15(12-14)20-17(23)22-10-8-21(9-11-22)13-16-5-1-2-7-19-16/h1-7,12H,8-11,13H2,(H,20,23). The van der Waals surface area contributed by atoms with E-state index < -0.39 is 0 Å². The summed E-state index contributed by atoms with van der Waals surface area (Å²) in [6, 6.07) is 13.1. The van der Waals surface area contributed by atoms with Crippen LogP contribution in [0.1, 0.15) is 5.69 Å². The maximum absolute atomic E-state index is 12.3. The number of benzene rings is 1. The normalized spacial score (nSPS) is 15.4. The maximum atomic E-state index is 12.3. The SMILES string of the molecule is O=C(Nc1cccc(Cl)c1)N1CCN(Cc2ccccn2)CC1. The molecule has 0 bridgehead atoms. The van der Waals surface area contributed by atoms with Gasteiger partial charge in [-0.2, -0.15) is 0 Å². The number of hydrogen-bond donors (Lipinski definition) is 1. The second-order valence-corrected chi connectivity index (χ2v) is 5.96. The minimum absolute atomic E-state index is 0.0789. The van der Waals surface area contributed by atoms with E-state index >= 15 is 0 Å². The van der Waals surface area contributed by atoms with Gasteiger partial charge in [0.05, 0.1) is 5.69 Å². The van der Waals surface area contributed by atoms with Gasteiger partial charge in [0.15, 0.2) is 0 Å². The Kier molecular flexibility index (Phi) is 5.10. The summed E-state index contributed by atoms with van der Waals surface area (Å²) in [5.74, 6) is 0. The minimum Gasteiger partial charge on any atom is -0.322 e. The van der Waals surface area contributed by atoms with Crippen molar-refractivity contribution >= 4 is 23.3 Å². The number of aromatic nitrogens is 1. The number of halogens is 1. The fourth-order valence-electron chi connectivity index (χ4n) is 2.60. The molecule has 0 aliphatic carbocycles. The molecule has 1 aromatic heterocycles. The van der Waals surface area contributed by atoms with Crippen molar-refractivity contribution in [2.24, 2.45) is 0 Å². The van der Waals surface area contributed by atoms with Crippen LogP contribution in [0, 0.1) is 0 Å². The highest BCUT2D eigenvalue weighted by Crippen LogP contribution is 2.16. The van der Waals surface area contributed by atoms with Crippen LogP contribution in [0.5, 0.6) is 0 Å². The summed E-state index contributed by atoms with van der Waals surface area (Å²) in [6.45, 7) is 3.93. The largest absolute Gasteiger partial charge is 0.322 e. The van der Waals surface area contributed by atoms with Crippen molar-refractivity contribution in [1.29, 1.82) is 0 Å². The molecule has 1 N–H and O–H groups in total. The first-order chi connectivity index (χ1) is 11.2. The van der Waals surface area contributed by atoms with Crippen LogP contribution >= 0.6 is 11.6 Å². The van der Waals surface area contributed by atoms with Gasteiger partial charge >= 0.3 is 6.03 Å². The van der Waals surface area contributed by atoms with E-state index in [1.54, 1.807) is 12.1 Å². The van der Waals surface area contributed by atoms with Crippen LogP contribution in [0.3, 0.4) is 0 Å². The molecule has 0 atom stereocenters. The molecule has 0 saturated carbocycles. The van der Waals surface area contributed by atoms with Crippen LogP contribution in [0.15, 0.2) is 48.7 Å². The van der Waals surface area contributed by atoms with Gasteiger partial charge in [0.25, 0.3) is 0 Å². The Balaban J connectivity index is 1.49. The van der Waals surface area contributed by atoms with Gasteiger partial charge in [0, 0.05) is 49.6 Å². The molecule has 1 saturated heterocycles. The van der Waals surface area contributed by atoms with Crippen molar-refractivity contribution in [3.63, 3.8) is 0 Å². The van der Waals surface area contributed by atoms with E-state index in [1.807, 2.05) is 41.4 Å². The number of amides is 2. The second-order valence-electron chi connectivity index (χ2n) is 5.52. The molecule has 0 radical (unpaired) electrons. The second kappa shape index (κ2) is 7.44. The lowest BCUT2D eigenvalue weighted by atomic mass is 10.2. The van der Waals surface area contributed by atoms with Gasteiger partial charge in [-0.25, -0.2) is 4.79 Å². The number of nitrogens with one attached hydrogen (secondary N) is 1. The Morgan fingerprint density at radius 3 is 2.65 bits per heavy atom. The third kappa shape index (κ3) is 4.43. The fraction of sp³-hybridized carbons (Fsp3) is 0.294. The van der Waals surface area contributed by atoms with Gasteiger partial charge in [-0.15, -0.1) is 0 Å². The third-order valence-corrected chi connectivity index (χ3v) is 4.08. The molecule has 2 aromatic rings. The summed E-state index contributed by atoms with van der Waals surface area (Å²) < 4.78 is 0. The summed E-state index contributed by atoms with van der Waals surface area (Å²) in [4.78, 5) is 20.8. The zero-order valence-corrected chi connectivity index (χ0v) is 13.5. The van der Waals surface area contributed by atoms with Crippen molar-refractivity contribution in [2.75, 3.05) is 31.5 Å². The summed E-state index contributed by atoms with van der Waals surface area (Å²) in [7, 11) is 0. The molecule has 5 nitrogen and oxygen atoms in total. The zero-order valence-electron chi connectivity index (χ0n) is 12.8. The summed E-state index contributed by atoms with van der Waals surface area (Å²) in [5, 5.41) is 3.50. The predicted molar refractivity (Wildman–Crippen MR) is 91.6 cm³/mol. The van der Waals surface area contributed by atoms with Crippen molar-refractivity contribution in [1.82, 2.24) is 14.8 Å². The highest BCUT2D eigenvalue weighted by atomic mass is 35.5. The molecule has 1 aliphatic rings. The molecule has 0 unspecified atom stereocenters. The predicted octanol–water partition coefficient (Wildman–Crippen LogP) is 3.08. The van der Waals surface area contributed by atoms with E-state index in [-0.39, 0.29) is 6.03 Å². The average Bonchev–Trinajstić information content (AvgIpc) is 2.56. The Labute approximate surface area is 140 Å². The monoisotopic (exact) mass is 330 g/mol. The minimum atomic E-state index is -0.0789. The Hall–Kier alpha value is -2.11. The first kappa shape index (κ1) is 15.8. The van der Waals surface area contributed by atoms with Crippen molar-refractivity contribution in [3.05, 3.63) is 59.4 Å². The van der Waals surface area contributed by atoms with Gasteiger partial charge in [0.2, 0.25) is 0 Å². The summed E-state index contributed by atoms with van der Waals surface area (Å²) in [5.41, 5.74) is 1.78. The topological polar surface area (TPSA) is 48.5 Å². The van der Waals surface area contributed by atoms with Crippen LogP contribution < -0.4 is 5.32 Å². The molecule has 3 rings (SSSR count). The van der Waals surface area contributed by atoms with Crippen LogP contribution in [0.2, 0.25) is 5.02 Å². The molecule has 6 heteroatoms. The fourth-order valence-corrected chi connectivity index (χ4v) is 2.79. The van der Waals surface area contributed by atoms with Gasteiger partial charge in [-0.1, -0.05) is 23.7 Å². The maximum Gasteiger partial charge on any atom is 0.321 e. The van der Waals surface area contributed by atoms with Crippen LogP contribution in [-0.2, 0) is 6.54 Å². The number of anilines is 1. The molecule has 2 amide bonds. The summed E-state index contributed by atoms with van der Waals surface area (Å²) in [6.07, 6.45) is 1.81. The van der Waals surface area contributed by atoms with Crippen LogP contribution in [0.4, 0.5) is 10.5 Å². The lowest BCUT2D eigenvalue weighted by molar-refractivity contribution is 0.142. The molecular weight excluding hydrogens is 312 g/mol. The molecule has 1 fully saturated rings. The lowest BCUT2D eigenvalue weighted by Gasteiger charge is -2.34. The van der Waals surface area contributed by atoms with E-state index in [1.165, 1.54) is 0 Å². The Morgan fingerprint density at radius 1 is 1.13 bits per heavy atom. The number of carbonyl (C=O) groups is 1. The van der Waals surface area contributed by atoms with Crippen molar-refractivity contribution in [2.45, 2.75) is 6.54 Å². The smallest absolute Gasteiger partial charge is 0.321 e. The van der Waals surface area contributed by atoms with Gasteiger partial charge in [0.1, 0.15) is 0 Å². The van der Waals surface area contributed by atoms with Crippen molar-refractivity contribution < 1.29 is 4.79 Å². The van der Waals surface area contributed by atoms with E-state index in [4.69, 9.17) is 11.6 Å². The van der Waals surface area contributed by atoms with E-state index in [9.17, 15) is 4.79 Å². The summed E-state index contributed by atoms with van der Waals surface area (Å²) >= 11 is 5.93. The number of rotatable bonds is 3. The van der Waals surface area contributed by atoms with Gasteiger partial charge in [-0.05, 0) is 30.3 Å². The number of pyridine rings is 1. The number of hydrogen-bond acceptors (Lipinski definition) is 3. The van der Waals surface area contributed by atoms with Gasteiger partial charge < -0.3 is 10.2 Å². The quantitative estimate of drug-likeness (QED) is 0.940. The number of urea groups is 1. The number of piperazine rings is 1. The third-order valence-electron chi connectivity index (χ3n) is 3.85. The number of carbonyl (C=O) groups excluding carboxylic acids is 1. The average molecular weight is 331 g/mol. The molecule has 1 aromatic carbocycles. The first-order valence-electron chi connectivity index (χ1n) is 7.64. The van der Waals surface area contributed by atoms with Crippen molar-refractivity contribution in [3.8, 4) is 0 Å². The molecule has 1 aliphatic heterocycles. The Bertz CT molecular complexity index is 657. The van der Waals surface area contributed by atoms with Crippen LogP contribution in [0.25, 0.3) is 0 Å². The van der Waals surface area contributed by atoms with Gasteiger partial charge in [-0.3, -0.25) is 9.88 Å². The highest BCUT2D eigenvalue weighted by Gasteiger charge is 2.21.